The van der Waals surface area contributed by atoms with Crippen molar-refractivity contribution < 1.29 is 4.39 Å². The number of benzene rings is 1. The number of aromatic nitrogens is 1. The molecule has 90 valence electrons. The van der Waals surface area contributed by atoms with Crippen LogP contribution in [0.5, 0.6) is 0 Å². The molecule has 1 aliphatic carbocycles. The van der Waals surface area contributed by atoms with E-state index >= 15 is 0 Å². The van der Waals surface area contributed by atoms with Gasteiger partial charge in [0.2, 0.25) is 0 Å². The van der Waals surface area contributed by atoms with Gasteiger partial charge in [0, 0.05) is 10.8 Å². The predicted molar refractivity (Wildman–Crippen MR) is 67.8 cm³/mol. The number of rotatable bonds is 1. The highest BCUT2D eigenvalue weighted by Gasteiger charge is 2.29. The highest BCUT2D eigenvalue weighted by molar-refractivity contribution is 7.15. The number of hydrogen-bond acceptors (Lipinski definition) is 4. The number of nitrogens with two attached hydrogens (primary N) is 1. The van der Waals surface area contributed by atoms with Crippen molar-refractivity contribution in [1.82, 2.24) is 4.98 Å². The maximum absolute atomic E-state index is 14.0. The Morgan fingerprint density at radius 3 is 3.06 bits per heavy atom. The van der Waals surface area contributed by atoms with Crippen LogP contribution in [0.4, 0.5) is 9.52 Å². The molecule has 0 amide bonds. The lowest BCUT2D eigenvalue weighted by Crippen LogP contribution is -1.99. The third-order valence-corrected chi connectivity index (χ3v) is 4.28. The van der Waals surface area contributed by atoms with E-state index < -0.39 is 0 Å². The Bertz CT molecular complexity index is 657. The highest BCUT2D eigenvalue weighted by atomic mass is 32.1. The minimum absolute atomic E-state index is 0.0301. The van der Waals surface area contributed by atoms with E-state index in [-0.39, 0.29) is 11.7 Å². The molecule has 18 heavy (non-hydrogen) atoms. The fraction of sp³-hybridized carbons (Fsp3) is 0.231. The average Bonchev–Trinajstić information content (AvgIpc) is 2.88. The van der Waals surface area contributed by atoms with Gasteiger partial charge in [0.05, 0.1) is 17.3 Å². The van der Waals surface area contributed by atoms with Gasteiger partial charge in [-0.15, -0.1) is 11.3 Å². The number of aryl methyl sites for hydroxylation is 1. The van der Waals surface area contributed by atoms with E-state index in [1.165, 1.54) is 17.4 Å². The first-order valence-electron chi connectivity index (χ1n) is 5.63. The molecule has 0 saturated carbocycles. The van der Waals surface area contributed by atoms with Gasteiger partial charge in [0.25, 0.3) is 0 Å². The van der Waals surface area contributed by atoms with Gasteiger partial charge < -0.3 is 5.73 Å². The molecule has 0 saturated heterocycles. The third kappa shape index (κ3) is 1.66. The number of halogens is 1. The van der Waals surface area contributed by atoms with E-state index in [0.29, 0.717) is 16.3 Å². The molecule has 1 atom stereocenters. The minimum atomic E-state index is -0.320. The van der Waals surface area contributed by atoms with Crippen LogP contribution in [0.3, 0.4) is 0 Å². The number of fused-ring (bicyclic) bond motifs is 1. The predicted octanol–water partition coefficient (Wildman–Crippen LogP) is 2.81. The van der Waals surface area contributed by atoms with Crippen LogP contribution in [0, 0.1) is 17.1 Å². The molecular weight excluding hydrogens is 249 g/mol. The molecule has 3 nitrogen and oxygen atoms in total. The second-order valence-electron chi connectivity index (χ2n) is 4.30. The number of nitrogens with zero attached hydrogens (tertiary/aromatic N) is 2. The van der Waals surface area contributed by atoms with E-state index in [1.807, 2.05) is 6.07 Å². The molecule has 0 bridgehead atoms. The van der Waals surface area contributed by atoms with Gasteiger partial charge in [-0.3, -0.25) is 0 Å². The molecule has 5 heteroatoms. The maximum atomic E-state index is 14.0. The number of hydrogen-bond donors (Lipinski definition) is 1. The molecule has 1 heterocycles. The molecule has 0 radical (unpaired) electrons. The van der Waals surface area contributed by atoms with Gasteiger partial charge in [-0.2, -0.15) is 5.26 Å². The van der Waals surface area contributed by atoms with Gasteiger partial charge >= 0.3 is 0 Å². The second-order valence-corrected chi connectivity index (χ2v) is 5.36. The molecule has 0 aliphatic heterocycles. The smallest absolute Gasteiger partial charge is 0.180 e. The van der Waals surface area contributed by atoms with Crippen LogP contribution in [-0.4, -0.2) is 4.98 Å². The Labute approximate surface area is 108 Å². The molecule has 0 spiro atoms. The lowest BCUT2D eigenvalue weighted by atomic mass is 9.97. The first-order chi connectivity index (χ1) is 8.69. The van der Waals surface area contributed by atoms with Crippen LogP contribution in [0.2, 0.25) is 0 Å². The summed E-state index contributed by atoms with van der Waals surface area (Å²) in [5.41, 5.74) is 7.66. The quantitative estimate of drug-likeness (QED) is 0.856. The third-order valence-electron chi connectivity index (χ3n) is 3.24. The van der Waals surface area contributed by atoms with Crippen molar-refractivity contribution in [2.45, 2.75) is 18.8 Å². The number of thiazole rings is 1. The summed E-state index contributed by atoms with van der Waals surface area (Å²) in [6.07, 6.45) is 1.70. The summed E-state index contributed by atoms with van der Waals surface area (Å²) in [5, 5.41) is 9.28. The standard InChI is InChI=1S/C13H10FN3S/c14-10-5-7(6-15)1-2-8(10)9-3-4-11-12(9)18-13(16)17-11/h1-2,5,9H,3-4H2,(H2,16,17). The summed E-state index contributed by atoms with van der Waals surface area (Å²) in [6, 6.07) is 6.58. The van der Waals surface area contributed by atoms with Crippen LogP contribution < -0.4 is 5.73 Å². The van der Waals surface area contributed by atoms with Gasteiger partial charge in [-0.25, -0.2) is 9.37 Å². The SMILES string of the molecule is N#Cc1ccc(C2CCc3nc(N)sc32)c(F)c1. The van der Waals surface area contributed by atoms with E-state index in [9.17, 15) is 4.39 Å². The molecule has 2 N–H and O–H groups in total. The van der Waals surface area contributed by atoms with E-state index in [0.717, 1.165) is 23.4 Å². The van der Waals surface area contributed by atoms with Crippen LogP contribution >= 0.6 is 11.3 Å². The van der Waals surface area contributed by atoms with Crippen LogP contribution in [0.1, 0.15) is 34.0 Å². The van der Waals surface area contributed by atoms with Crippen molar-refractivity contribution in [3.05, 3.63) is 45.7 Å². The Morgan fingerprint density at radius 1 is 1.50 bits per heavy atom. The summed E-state index contributed by atoms with van der Waals surface area (Å²) in [7, 11) is 0. The van der Waals surface area contributed by atoms with Crippen molar-refractivity contribution in [2.75, 3.05) is 5.73 Å². The van der Waals surface area contributed by atoms with Crippen LogP contribution in [0.15, 0.2) is 18.2 Å². The van der Waals surface area contributed by atoms with Gasteiger partial charge in [0.1, 0.15) is 5.82 Å². The Balaban J connectivity index is 2.05. The van der Waals surface area contributed by atoms with E-state index in [4.69, 9.17) is 11.0 Å². The molecule has 1 aromatic heterocycles. The molecule has 1 aliphatic rings. The highest BCUT2D eigenvalue weighted by Crippen LogP contribution is 2.42. The molecule has 2 aromatic rings. The van der Waals surface area contributed by atoms with Crippen molar-refractivity contribution in [3.63, 3.8) is 0 Å². The lowest BCUT2D eigenvalue weighted by molar-refractivity contribution is 0.595. The summed E-state index contributed by atoms with van der Waals surface area (Å²) < 4.78 is 14.0. The summed E-state index contributed by atoms with van der Waals surface area (Å²) in [6.45, 7) is 0. The van der Waals surface area contributed by atoms with E-state index in [1.54, 1.807) is 12.1 Å². The first kappa shape index (κ1) is 11.2. The van der Waals surface area contributed by atoms with Gasteiger partial charge in [-0.05, 0) is 30.5 Å². The largest absolute Gasteiger partial charge is 0.375 e. The summed E-state index contributed by atoms with van der Waals surface area (Å²) in [5.74, 6) is -0.290. The average molecular weight is 259 g/mol. The second kappa shape index (κ2) is 4.07. The minimum Gasteiger partial charge on any atom is -0.375 e. The Kier molecular flexibility index (Phi) is 2.53. The molecular formula is C13H10FN3S. The lowest BCUT2D eigenvalue weighted by Gasteiger charge is -2.11. The van der Waals surface area contributed by atoms with Crippen molar-refractivity contribution in [1.29, 1.82) is 5.26 Å². The maximum Gasteiger partial charge on any atom is 0.180 e. The van der Waals surface area contributed by atoms with Crippen molar-refractivity contribution in [2.24, 2.45) is 0 Å². The zero-order chi connectivity index (χ0) is 12.7. The molecule has 1 aromatic carbocycles. The van der Waals surface area contributed by atoms with Crippen molar-refractivity contribution >= 4 is 16.5 Å². The fourth-order valence-corrected chi connectivity index (χ4v) is 3.46. The zero-order valence-corrected chi connectivity index (χ0v) is 10.3. The summed E-state index contributed by atoms with van der Waals surface area (Å²) >= 11 is 1.43. The van der Waals surface area contributed by atoms with E-state index in [2.05, 4.69) is 4.98 Å². The summed E-state index contributed by atoms with van der Waals surface area (Å²) in [4.78, 5) is 5.32. The van der Waals surface area contributed by atoms with Crippen LogP contribution in [0.25, 0.3) is 0 Å². The number of anilines is 1. The van der Waals surface area contributed by atoms with Crippen LogP contribution in [-0.2, 0) is 6.42 Å². The number of nitrogen functional groups attached to an aromatic ring is 1. The normalized spacial score (nSPS) is 17.4. The molecule has 3 rings (SSSR count). The Morgan fingerprint density at radius 2 is 2.33 bits per heavy atom. The van der Waals surface area contributed by atoms with Gasteiger partial charge in [0.15, 0.2) is 5.13 Å². The van der Waals surface area contributed by atoms with Gasteiger partial charge in [-0.1, -0.05) is 6.07 Å². The molecule has 1 unspecified atom stereocenters. The zero-order valence-electron chi connectivity index (χ0n) is 9.48. The monoisotopic (exact) mass is 259 g/mol. The molecule has 0 fully saturated rings. The fourth-order valence-electron chi connectivity index (χ4n) is 2.42. The number of nitriles is 1. The Hall–Kier alpha value is -1.93. The first-order valence-corrected chi connectivity index (χ1v) is 6.45. The topological polar surface area (TPSA) is 62.7 Å². The van der Waals surface area contributed by atoms with Crippen molar-refractivity contribution in [3.8, 4) is 6.07 Å².